The van der Waals surface area contributed by atoms with Crippen LogP contribution in [0.4, 0.5) is 27.6 Å². The number of carbonyl (C=O) groups excluding carboxylic acids is 1. The van der Waals surface area contributed by atoms with Crippen LogP contribution in [0.5, 0.6) is 5.75 Å². The number of amides is 1. The number of benzene rings is 1. The molecule has 39 heavy (non-hydrogen) atoms. The molecule has 2 heterocycles. The van der Waals surface area contributed by atoms with Gasteiger partial charge in [0, 0.05) is 29.3 Å². The number of alkyl halides is 3. The molecule has 0 spiro atoms. The fourth-order valence-corrected chi connectivity index (χ4v) is 5.30. The van der Waals surface area contributed by atoms with Gasteiger partial charge in [-0.25, -0.2) is 4.39 Å². The summed E-state index contributed by atoms with van der Waals surface area (Å²) in [5, 5.41) is 2.57. The van der Waals surface area contributed by atoms with Crippen LogP contribution < -0.4 is 10.1 Å². The molecule has 4 atom stereocenters. The van der Waals surface area contributed by atoms with Gasteiger partial charge in [-0.05, 0) is 43.3 Å². The third-order valence-electron chi connectivity index (χ3n) is 8.04. The van der Waals surface area contributed by atoms with Crippen molar-refractivity contribution in [3.05, 3.63) is 53.4 Å². The highest BCUT2D eigenvalue weighted by Gasteiger charge is 2.66. The summed E-state index contributed by atoms with van der Waals surface area (Å²) >= 11 is 0. The Balaban J connectivity index is 1.94. The third kappa shape index (κ3) is 5.97. The second-order valence-electron chi connectivity index (χ2n) is 11.5. The molecule has 2 aromatic rings. The van der Waals surface area contributed by atoms with Crippen molar-refractivity contribution in [3.63, 3.8) is 0 Å². The van der Waals surface area contributed by atoms with Gasteiger partial charge in [0.25, 0.3) is 5.91 Å². The molecule has 3 rings (SSSR count). The van der Waals surface area contributed by atoms with Crippen LogP contribution in [0.3, 0.4) is 0 Å². The van der Waals surface area contributed by atoms with Gasteiger partial charge in [0.2, 0.25) is 5.82 Å². The minimum absolute atomic E-state index is 0.0314. The molecule has 1 N–H and O–H groups in total. The minimum Gasteiger partial charge on any atom is -0.493 e. The Bertz CT molecular complexity index is 1220. The van der Waals surface area contributed by atoms with Crippen molar-refractivity contribution in [3.8, 4) is 5.75 Å². The molecule has 0 saturated carbocycles. The number of anilines is 1. The van der Waals surface area contributed by atoms with Crippen molar-refractivity contribution < 1.29 is 40.6 Å². The van der Waals surface area contributed by atoms with Crippen LogP contribution in [-0.4, -0.2) is 44.2 Å². The molecule has 1 amide bonds. The average Bonchev–Trinajstić information content (AvgIpc) is 3.11. The number of ether oxygens (including phenoxy) is 2. The van der Waals surface area contributed by atoms with E-state index in [1.165, 1.54) is 19.2 Å². The molecule has 1 aliphatic rings. The maximum Gasteiger partial charge on any atom is 0.417 e. The van der Waals surface area contributed by atoms with Gasteiger partial charge in [-0.1, -0.05) is 33.8 Å². The van der Waals surface area contributed by atoms with Crippen LogP contribution in [0.1, 0.15) is 51.8 Å². The van der Waals surface area contributed by atoms with E-state index < -0.39 is 61.3 Å². The first kappa shape index (κ1) is 31.0. The van der Waals surface area contributed by atoms with E-state index in [1.54, 1.807) is 6.07 Å². The minimum atomic E-state index is -4.85. The maximum absolute atomic E-state index is 14.5. The van der Waals surface area contributed by atoms with Crippen LogP contribution in [-0.2, 0) is 20.6 Å². The topological polar surface area (TPSA) is 69.7 Å². The summed E-state index contributed by atoms with van der Waals surface area (Å²) in [7, 11) is -1.01. The number of aromatic nitrogens is 1. The van der Waals surface area contributed by atoms with Gasteiger partial charge in [-0.2, -0.15) is 17.6 Å². The van der Waals surface area contributed by atoms with Crippen molar-refractivity contribution >= 4 is 19.9 Å². The molecule has 1 aromatic carbocycles. The molecule has 4 unspecified atom stereocenters. The molecule has 1 fully saturated rings. The van der Waals surface area contributed by atoms with Crippen LogP contribution in [0, 0.1) is 17.6 Å². The monoisotopic (exact) mass is 574 g/mol. The van der Waals surface area contributed by atoms with Gasteiger partial charge in [-0.3, -0.25) is 9.78 Å². The SMILES string of the molecule is COc1c(C2C(C(=O)Nc3ccnc(CO[Si](C)(C)C(C)(C)C)c3)OC(C)(C(F)(F)F)C2C)ccc(F)c1F. The number of pyridine rings is 1. The summed E-state index contributed by atoms with van der Waals surface area (Å²) in [6, 6.07) is 4.96. The maximum atomic E-state index is 14.5. The quantitative estimate of drug-likeness (QED) is 0.286. The van der Waals surface area contributed by atoms with Crippen molar-refractivity contribution in [2.24, 2.45) is 5.92 Å². The zero-order valence-electron chi connectivity index (χ0n) is 23.3. The second kappa shape index (κ2) is 10.8. The van der Waals surface area contributed by atoms with Crippen molar-refractivity contribution in [2.75, 3.05) is 12.4 Å². The largest absolute Gasteiger partial charge is 0.493 e. The Morgan fingerprint density at radius 2 is 1.82 bits per heavy atom. The molecule has 1 aromatic heterocycles. The van der Waals surface area contributed by atoms with E-state index in [2.05, 4.69) is 44.2 Å². The van der Waals surface area contributed by atoms with Crippen LogP contribution in [0.25, 0.3) is 0 Å². The third-order valence-corrected chi connectivity index (χ3v) is 12.5. The first-order valence-corrected chi connectivity index (χ1v) is 15.4. The molecule has 6 nitrogen and oxygen atoms in total. The summed E-state index contributed by atoms with van der Waals surface area (Å²) in [6.45, 7) is 12.8. The van der Waals surface area contributed by atoms with Gasteiger partial charge in [-0.15, -0.1) is 0 Å². The summed E-state index contributed by atoms with van der Waals surface area (Å²) in [5.74, 6) is -6.70. The summed E-state index contributed by atoms with van der Waals surface area (Å²) in [4.78, 5) is 17.7. The predicted molar refractivity (Wildman–Crippen MR) is 139 cm³/mol. The first-order valence-electron chi connectivity index (χ1n) is 12.5. The van der Waals surface area contributed by atoms with Gasteiger partial charge in [0.15, 0.2) is 25.5 Å². The van der Waals surface area contributed by atoms with Crippen LogP contribution in [0.15, 0.2) is 30.5 Å². The average molecular weight is 575 g/mol. The van der Waals surface area contributed by atoms with E-state index in [1.807, 2.05) is 0 Å². The highest BCUT2D eigenvalue weighted by atomic mass is 28.4. The number of nitrogens with zero attached hydrogens (tertiary/aromatic N) is 1. The summed E-state index contributed by atoms with van der Waals surface area (Å²) < 4.78 is 87.5. The van der Waals surface area contributed by atoms with E-state index in [9.17, 15) is 26.7 Å². The summed E-state index contributed by atoms with van der Waals surface area (Å²) in [6.07, 6.45) is -5.09. The molecular weight excluding hydrogens is 539 g/mol. The highest BCUT2D eigenvalue weighted by Crippen LogP contribution is 2.55. The Morgan fingerprint density at radius 3 is 2.38 bits per heavy atom. The van der Waals surface area contributed by atoms with Crippen molar-refractivity contribution in [1.82, 2.24) is 4.98 Å². The van der Waals surface area contributed by atoms with E-state index >= 15 is 0 Å². The first-order chi connectivity index (χ1) is 17.8. The van der Waals surface area contributed by atoms with Crippen molar-refractivity contribution in [2.45, 2.75) is 83.2 Å². The molecular formula is C27H35F5N2O4Si. The van der Waals surface area contributed by atoms with E-state index in [0.717, 1.165) is 26.2 Å². The standard InChI is InChI=1S/C27H35F5N2O4Si/c1-15-20(18-9-10-19(28)21(29)22(18)36-6)23(38-26(15,5)27(30,31)32)24(35)34-16-11-12-33-17(13-16)14-37-39(7,8)25(2,3)4/h9-13,15,20,23H,14H2,1-8H3,(H,33,34,35). The lowest BCUT2D eigenvalue weighted by Crippen LogP contribution is -2.47. The molecule has 0 aliphatic carbocycles. The number of hydrogen-bond acceptors (Lipinski definition) is 5. The number of carbonyl (C=O) groups is 1. The molecule has 216 valence electrons. The predicted octanol–water partition coefficient (Wildman–Crippen LogP) is 6.97. The van der Waals surface area contributed by atoms with Gasteiger partial charge in [0.05, 0.1) is 19.4 Å². The molecule has 0 bridgehead atoms. The number of halogens is 5. The van der Waals surface area contributed by atoms with Gasteiger partial charge >= 0.3 is 6.18 Å². The lowest BCUT2D eigenvalue weighted by atomic mass is 9.77. The highest BCUT2D eigenvalue weighted by molar-refractivity contribution is 6.74. The van der Waals surface area contributed by atoms with E-state index in [-0.39, 0.29) is 22.9 Å². The Hall–Kier alpha value is -2.57. The normalized spacial score (nSPS) is 24.1. The van der Waals surface area contributed by atoms with Crippen LogP contribution >= 0.6 is 0 Å². The summed E-state index contributed by atoms with van der Waals surface area (Å²) in [5.41, 5.74) is -2.04. The van der Waals surface area contributed by atoms with E-state index in [0.29, 0.717) is 5.69 Å². The zero-order chi connectivity index (χ0) is 29.6. The van der Waals surface area contributed by atoms with Crippen LogP contribution in [0.2, 0.25) is 18.1 Å². The number of rotatable bonds is 7. The fourth-order valence-electron chi connectivity index (χ4n) is 4.36. The molecule has 1 saturated heterocycles. The Kier molecular flexibility index (Phi) is 8.55. The zero-order valence-corrected chi connectivity index (χ0v) is 24.3. The number of hydrogen-bond donors (Lipinski definition) is 1. The Morgan fingerprint density at radius 1 is 1.18 bits per heavy atom. The van der Waals surface area contributed by atoms with Gasteiger partial charge < -0.3 is 19.2 Å². The lowest BCUT2D eigenvalue weighted by Gasteiger charge is -2.36. The number of methoxy groups -OCH3 is 1. The fraction of sp³-hybridized carbons (Fsp3) is 0.556. The Labute approximate surface area is 226 Å². The lowest BCUT2D eigenvalue weighted by molar-refractivity contribution is -0.272. The van der Waals surface area contributed by atoms with E-state index in [4.69, 9.17) is 13.9 Å². The smallest absolute Gasteiger partial charge is 0.417 e. The number of nitrogens with one attached hydrogen (secondary N) is 1. The second-order valence-corrected chi connectivity index (χ2v) is 16.3. The van der Waals surface area contributed by atoms with Crippen molar-refractivity contribution in [1.29, 1.82) is 0 Å². The van der Waals surface area contributed by atoms with Gasteiger partial charge in [0.1, 0.15) is 6.10 Å². The molecule has 0 radical (unpaired) electrons. The molecule has 1 aliphatic heterocycles. The molecule has 12 heteroatoms.